The maximum absolute atomic E-state index is 12.7. The summed E-state index contributed by atoms with van der Waals surface area (Å²) in [7, 11) is 0. The molecule has 1 aromatic carbocycles. The third-order valence-electron chi connectivity index (χ3n) is 7.65. The number of amides is 1. The second-order valence-corrected chi connectivity index (χ2v) is 10.5. The van der Waals surface area contributed by atoms with Crippen LogP contribution in [0.5, 0.6) is 0 Å². The standard InChI is InChI=1S/C24H31ClF6N4O2/c1-2-32-10-12-34(13-11-32)19-5-3-4-18(25)17(19)14-33-15-22(16-33)6-8-35(9-7-22)21(36)37-20(23(26,27)28)24(29,30)31/h3-5,20H,2,6-16H2,1H3. The molecule has 0 aromatic heterocycles. The Morgan fingerprint density at radius 1 is 0.973 bits per heavy atom. The van der Waals surface area contributed by atoms with E-state index in [9.17, 15) is 31.1 Å². The number of likely N-dealkylation sites (tertiary alicyclic amines) is 2. The Bertz CT molecular complexity index is 938. The van der Waals surface area contributed by atoms with Gasteiger partial charge in [0.1, 0.15) is 0 Å². The van der Waals surface area contributed by atoms with Gasteiger partial charge in [-0.3, -0.25) is 4.90 Å². The average molecular weight is 557 g/mol. The molecular formula is C24H31ClF6N4O2. The van der Waals surface area contributed by atoms with Gasteiger partial charge < -0.3 is 19.4 Å². The summed E-state index contributed by atoms with van der Waals surface area (Å²) in [6.45, 7) is 9.16. The molecule has 0 aliphatic carbocycles. The van der Waals surface area contributed by atoms with Crippen LogP contribution in [0.25, 0.3) is 0 Å². The highest BCUT2D eigenvalue weighted by Crippen LogP contribution is 2.43. The quantitative estimate of drug-likeness (QED) is 0.477. The maximum Gasteiger partial charge on any atom is 0.434 e. The van der Waals surface area contributed by atoms with E-state index in [2.05, 4.69) is 32.4 Å². The topological polar surface area (TPSA) is 39.3 Å². The number of piperazine rings is 1. The highest BCUT2D eigenvalue weighted by Gasteiger charge is 2.60. The zero-order valence-corrected chi connectivity index (χ0v) is 21.3. The van der Waals surface area contributed by atoms with Crippen LogP contribution >= 0.6 is 11.6 Å². The normalized spacial score (nSPS) is 21.4. The van der Waals surface area contributed by atoms with Crippen molar-refractivity contribution in [3.63, 3.8) is 0 Å². The summed E-state index contributed by atoms with van der Waals surface area (Å²) in [5.41, 5.74) is 2.04. The van der Waals surface area contributed by atoms with Gasteiger partial charge in [-0.05, 0) is 36.9 Å². The minimum atomic E-state index is -5.72. The molecule has 0 radical (unpaired) electrons. The molecule has 0 atom stereocenters. The molecule has 6 nitrogen and oxygen atoms in total. The van der Waals surface area contributed by atoms with Gasteiger partial charge in [0.15, 0.2) is 0 Å². The molecule has 4 rings (SSSR count). The van der Waals surface area contributed by atoms with E-state index in [1.54, 1.807) is 0 Å². The number of hydrogen-bond acceptors (Lipinski definition) is 5. The molecule has 0 bridgehead atoms. The molecule has 3 heterocycles. The first-order valence-electron chi connectivity index (χ1n) is 12.4. The van der Waals surface area contributed by atoms with Crippen molar-refractivity contribution in [2.75, 3.05) is 63.8 Å². The van der Waals surface area contributed by atoms with Crippen LogP contribution in [-0.2, 0) is 11.3 Å². The molecule has 3 saturated heterocycles. The number of carbonyl (C=O) groups is 1. The van der Waals surface area contributed by atoms with Gasteiger partial charge in [-0.1, -0.05) is 24.6 Å². The van der Waals surface area contributed by atoms with Crippen LogP contribution in [0.15, 0.2) is 18.2 Å². The highest BCUT2D eigenvalue weighted by molar-refractivity contribution is 6.31. The molecule has 1 amide bonds. The van der Waals surface area contributed by atoms with E-state index in [-0.39, 0.29) is 18.5 Å². The Morgan fingerprint density at radius 3 is 2.11 bits per heavy atom. The number of piperidine rings is 1. The Kier molecular flexibility index (Phi) is 8.11. The molecule has 0 saturated carbocycles. The highest BCUT2D eigenvalue weighted by atomic mass is 35.5. The Labute approximate surface area is 217 Å². The molecule has 1 aromatic rings. The smallest absolute Gasteiger partial charge is 0.426 e. The summed E-state index contributed by atoms with van der Waals surface area (Å²) in [5.74, 6) is 0. The molecule has 13 heteroatoms. The molecule has 0 unspecified atom stereocenters. The number of hydrogen-bond donors (Lipinski definition) is 0. The summed E-state index contributed by atoms with van der Waals surface area (Å²) in [4.78, 5) is 20.0. The van der Waals surface area contributed by atoms with Crippen LogP contribution in [0.3, 0.4) is 0 Å². The first-order chi connectivity index (χ1) is 17.3. The van der Waals surface area contributed by atoms with Crippen LogP contribution < -0.4 is 4.90 Å². The van der Waals surface area contributed by atoms with Gasteiger partial charge in [0.2, 0.25) is 0 Å². The number of ether oxygens (including phenoxy) is 1. The molecule has 3 fully saturated rings. The van der Waals surface area contributed by atoms with Crippen molar-refractivity contribution in [2.24, 2.45) is 5.41 Å². The Hall–Kier alpha value is -1.92. The van der Waals surface area contributed by atoms with Gasteiger partial charge in [0.05, 0.1) is 0 Å². The second-order valence-electron chi connectivity index (χ2n) is 10.1. The van der Waals surface area contributed by atoms with Crippen molar-refractivity contribution >= 4 is 23.4 Å². The largest absolute Gasteiger partial charge is 0.434 e. The van der Waals surface area contributed by atoms with Gasteiger partial charge in [0.25, 0.3) is 6.10 Å². The fraction of sp³-hybridized carbons (Fsp3) is 0.708. The van der Waals surface area contributed by atoms with Gasteiger partial charge in [-0.2, -0.15) is 26.3 Å². The number of carbonyl (C=O) groups excluding carboxylic acids is 1. The maximum atomic E-state index is 12.7. The van der Waals surface area contributed by atoms with Crippen molar-refractivity contribution < 1.29 is 35.9 Å². The van der Waals surface area contributed by atoms with E-state index in [0.717, 1.165) is 62.0 Å². The number of halogens is 7. The third kappa shape index (κ3) is 6.39. The molecule has 37 heavy (non-hydrogen) atoms. The second kappa shape index (κ2) is 10.7. The van der Waals surface area contributed by atoms with Gasteiger partial charge in [-0.25, -0.2) is 4.79 Å². The van der Waals surface area contributed by atoms with Crippen molar-refractivity contribution in [1.29, 1.82) is 0 Å². The number of benzene rings is 1. The lowest BCUT2D eigenvalue weighted by atomic mass is 9.72. The number of alkyl halides is 6. The lowest BCUT2D eigenvalue weighted by Crippen LogP contribution is -2.60. The van der Waals surface area contributed by atoms with Gasteiger partial charge in [0, 0.05) is 75.2 Å². The predicted molar refractivity (Wildman–Crippen MR) is 127 cm³/mol. The zero-order valence-electron chi connectivity index (χ0n) is 20.5. The minimum absolute atomic E-state index is 0.0498. The number of anilines is 1. The monoisotopic (exact) mass is 556 g/mol. The molecular weight excluding hydrogens is 526 g/mol. The van der Waals surface area contributed by atoms with Gasteiger partial charge >= 0.3 is 18.4 Å². The van der Waals surface area contributed by atoms with E-state index in [1.807, 2.05) is 12.1 Å². The SMILES string of the molecule is CCN1CCN(c2cccc(Cl)c2CN2CC3(CCN(C(=O)OC(C(F)(F)F)C(F)(F)F)CC3)C2)CC1. The zero-order chi connectivity index (χ0) is 27.0. The van der Waals surface area contributed by atoms with Crippen LogP contribution in [0.2, 0.25) is 5.02 Å². The predicted octanol–water partition coefficient (Wildman–Crippen LogP) is 5.01. The van der Waals surface area contributed by atoms with E-state index in [0.29, 0.717) is 24.4 Å². The van der Waals surface area contributed by atoms with E-state index in [4.69, 9.17) is 11.6 Å². The van der Waals surface area contributed by atoms with Crippen molar-refractivity contribution in [3.8, 4) is 0 Å². The minimum Gasteiger partial charge on any atom is -0.426 e. The van der Waals surface area contributed by atoms with Crippen LogP contribution in [0.4, 0.5) is 36.8 Å². The number of nitrogens with zero attached hydrogens (tertiary/aromatic N) is 4. The first kappa shape index (κ1) is 28.1. The fourth-order valence-corrected chi connectivity index (χ4v) is 5.75. The molecule has 1 spiro atoms. The third-order valence-corrected chi connectivity index (χ3v) is 8.00. The number of likely N-dealkylation sites (N-methyl/N-ethyl adjacent to an activating group) is 1. The first-order valence-corrected chi connectivity index (χ1v) is 12.8. The van der Waals surface area contributed by atoms with Crippen LogP contribution in [0.1, 0.15) is 25.3 Å². The summed E-state index contributed by atoms with van der Waals surface area (Å²) in [6, 6.07) is 5.90. The van der Waals surface area contributed by atoms with E-state index in [1.165, 1.54) is 0 Å². The van der Waals surface area contributed by atoms with E-state index >= 15 is 0 Å². The van der Waals surface area contributed by atoms with E-state index < -0.39 is 24.5 Å². The van der Waals surface area contributed by atoms with Crippen LogP contribution in [-0.4, -0.2) is 98.2 Å². The van der Waals surface area contributed by atoms with Crippen molar-refractivity contribution in [2.45, 2.75) is 44.8 Å². The lowest BCUT2D eigenvalue weighted by molar-refractivity contribution is -0.308. The summed E-state index contributed by atoms with van der Waals surface area (Å²) in [6.07, 6.45) is -16.2. The Balaban J connectivity index is 1.31. The molecule has 208 valence electrons. The summed E-state index contributed by atoms with van der Waals surface area (Å²) >= 11 is 6.58. The molecule has 0 N–H and O–H groups in total. The lowest BCUT2D eigenvalue weighted by Gasteiger charge is -2.54. The molecule has 3 aliphatic heterocycles. The van der Waals surface area contributed by atoms with Crippen LogP contribution in [0, 0.1) is 5.41 Å². The molecule has 3 aliphatic rings. The summed E-state index contributed by atoms with van der Waals surface area (Å²) < 4.78 is 80.2. The van der Waals surface area contributed by atoms with Crippen molar-refractivity contribution in [3.05, 3.63) is 28.8 Å². The number of rotatable bonds is 5. The fourth-order valence-electron chi connectivity index (χ4n) is 5.52. The summed E-state index contributed by atoms with van der Waals surface area (Å²) in [5, 5.41) is 0.692. The van der Waals surface area contributed by atoms with Gasteiger partial charge in [-0.15, -0.1) is 0 Å². The Morgan fingerprint density at radius 2 is 1.57 bits per heavy atom. The average Bonchev–Trinajstić information content (AvgIpc) is 2.81. The van der Waals surface area contributed by atoms with Crippen molar-refractivity contribution in [1.82, 2.24) is 14.7 Å².